The summed E-state index contributed by atoms with van der Waals surface area (Å²) >= 11 is 0. The molecule has 0 fully saturated rings. The fourth-order valence-corrected chi connectivity index (χ4v) is 1.58. The molecule has 0 saturated carbocycles. The zero-order valence-electron chi connectivity index (χ0n) is 9.20. The van der Waals surface area contributed by atoms with Gasteiger partial charge in [0.2, 0.25) is 0 Å². The summed E-state index contributed by atoms with van der Waals surface area (Å²) in [6.07, 6.45) is 0.621. The van der Waals surface area contributed by atoms with Crippen LogP contribution in [0.15, 0.2) is 24.3 Å². The first-order valence-corrected chi connectivity index (χ1v) is 5.16. The van der Waals surface area contributed by atoms with Crippen molar-refractivity contribution in [3.63, 3.8) is 0 Å². The van der Waals surface area contributed by atoms with Crippen LogP contribution in [0.5, 0.6) is 0 Å². The number of anilines is 1. The van der Waals surface area contributed by atoms with Crippen molar-refractivity contribution < 1.29 is 5.11 Å². The Morgan fingerprint density at radius 1 is 1.43 bits per heavy atom. The number of rotatable bonds is 4. The Morgan fingerprint density at radius 2 is 2.14 bits per heavy atom. The largest absolute Gasteiger partial charge is 0.374 e. The van der Waals surface area contributed by atoms with Crippen LogP contribution in [0, 0.1) is 6.92 Å². The van der Waals surface area contributed by atoms with Gasteiger partial charge in [-0.15, -0.1) is 0 Å². The van der Waals surface area contributed by atoms with Crippen molar-refractivity contribution in [1.82, 2.24) is 0 Å². The molecule has 1 unspecified atom stereocenters. The quantitative estimate of drug-likeness (QED) is 0.743. The van der Waals surface area contributed by atoms with Gasteiger partial charge in [0.05, 0.1) is 0 Å². The van der Waals surface area contributed by atoms with Gasteiger partial charge in [0.15, 0.2) is 0 Å². The van der Waals surface area contributed by atoms with Gasteiger partial charge in [-0.1, -0.05) is 19.1 Å². The highest BCUT2D eigenvalue weighted by molar-refractivity contribution is 5.48. The molecule has 0 aliphatic heterocycles. The van der Waals surface area contributed by atoms with E-state index in [0.717, 1.165) is 18.7 Å². The molecule has 1 aromatic rings. The van der Waals surface area contributed by atoms with E-state index in [1.165, 1.54) is 5.56 Å². The number of hydrogen-bond acceptors (Lipinski definition) is 2. The van der Waals surface area contributed by atoms with Crippen molar-refractivity contribution >= 4 is 5.69 Å². The zero-order chi connectivity index (χ0) is 10.6. The Hall–Kier alpha value is -1.02. The molecule has 1 atom stereocenters. The van der Waals surface area contributed by atoms with Gasteiger partial charge >= 0.3 is 0 Å². The van der Waals surface area contributed by atoms with Crippen LogP contribution < -0.4 is 4.90 Å². The minimum atomic E-state index is -0.420. The highest BCUT2D eigenvalue weighted by Crippen LogP contribution is 2.17. The second-order valence-corrected chi connectivity index (χ2v) is 3.66. The van der Waals surface area contributed by atoms with Crippen molar-refractivity contribution in [1.29, 1.82) is 0 Å². The summed E-state index contributed by atoms with van der Waals surface area (Å²) in [5, 5.41) is 9.61. The molecule has 1 rings (SSSR count). The fraction of sp³-hybridized carbons (Fsp3) is 0.500. The molecule has 1 N–H and O–H groups in total. The first-order chi connectivity index (χ1) is 6.65. The predicted molar refractivity (Wildman–Crippen MR) is 60.5 cm³/mol. The van der Waals surface area contributed by atoms with E-state index in [9.17, 15) is 5.11 Å². The molecule has 14 heavy (non-hydrogen) atoms. The summed E-state index contributed by atoms with van der Waals surface area (Å²) in [4.78, 5) is 2.01. The Balaban J connectivity index is 2.87. The third kappa shape index (κ3) is 2.74. The van der Waals surface area contributed by atoms with E-state index in [1.807, 2.05) is 17.0 Å². The summed E-state index contributed by atoms with van der Waals surface area (Å²) in [5.41, 5.74) is 2.33. The van der Waals surface area contributed by atoms with Crippen molar-refractivity contribution in [2.75, 3.05) is 11.4 Å². The van der Waals surface area contributed by atoms with Crippen molar-refractivity contribution in [3.05, 3.63) is 29.8 Å². The van der Waals surface area contributed by atoms with Gasteiger partial charge in [-0.3, -0.25) is 0 Å². The van der Waals surface area contributed by atoms with Gasteiger partial charge in [0.1, 0.15) is 6.23 Å². The highest BCUT2D eigenvalue weighted by atomic mass is 16.3. The summed E-state index contributed by atoms with van der Waals surface area (Å²) in [6, 6.07) is 8.23. The molecular weight excluding hydrogens is 174 g/mol. The lowest BCUT2D eigenvalue weighted by molar-refractivity contribution is 0.188. The third-order valence-corrected chi connectivity index (χ3v) is 2.25. The maximum Gasteiger partial charge on any atom is 0.124 e. The van der Waals surface area contributed by atoms with Crippen LogP contribution in [-0.2, 0) is 0 Å². The Kier molecular flexibility index (Phi) is 3.96. The number of benzene rings is 1. The molecule has 2 nitrogen and oxygen atoms in total. The standard InChI is InChI=1S/C12H19NO/c1-4-8-13(11(3)14)12-7-5-6-10(2)9-12/h5-7,9,11,14H,4,8H2,1-3H3. The number of hydrogen-bond donors (Lipinski definition) is 1. The Morgan fingerprint density at radius 3 is 2.64 bits per heavy atom. The monoisotopic (exact) mass is 193 g/mol. The number of nitrogens with zero attached hydrogens (tertiary/aromatic N) is 1. The first kappa shape index (κ1) is 11.1. The van der Waals surface area contributed by atoms with Crippen LogP contribution in [-0.4, -0.2) is 17.9 Å². The molecule has 0 saturated heterocycles. The maximum atomic E-state index is 9.61. The van der Waals surface area contributed by atoms with Gasteiger partial charge in [-0.25, -0.2) is 0 Å². The smallest absolute Gasteiger partial charge is 0.124 e. The summed E-state index contributed by atoms with van der Waals surface area (Å²) in [6.45, 7) is 6.87. The molecule has 2 heteroatoms. The minimum Gasteiger partial charge on any atom is -0.374 e. The van der Waals surface area contributed by atoms with E-state index in [0.29, 0.717) is 0 Å². The van der Waals surface area contributed by atoms with Crippen LogP contribution >= 0.6 is 0 Å². The lowest BCUT2D eigenvalue weighted by Crippen LogP contribution is -2.33. The summed E-state index contributed by atoms with van der Waals surface area (Å²) in [5.74, 6) is 0. The van der Waals surface area contributed by atoms with E-state index < -0.39 is 6.23 Å². The SMILES string of the molecule is CCCN(c1cccc(C)c1)C(C)O. The lowest BCUT2D eigenvalue weighted by Gasteiger charge is -2.27. The molecule has 0 bridgehead atoms. The molecule has 0 amide bonds. The average molecular weight is 193 g/mol. The Bertz CT molecular complexity index is 283. The van der Waals surface area contributed by atoms with Gasteiger partial charge in [-0.2, -0.15) is 0 Å². The van der Waals surface area contributed by atoms with Crippen LogP contribution in [0.2, 0.25) is 0 Å². The van der Waals surface area contributed by atoms with E-state index >= 15 is 0 Å². The summed E-state index contributed by atoms with van der Waals surface area (Å²) < 4.78 is 0. The third-order valence-electron chi connectivity index (χ3n) is 2.25. The minimum absolute atomic E-state index is 0.420. The molecular formula is C12H19NO. The fourth-order valence-electron chi connectivity index (χ4n) is 1.58. The highest BCUT2D eigenvalue weighted by Gasteiger charge is 2.09. The number of aliphatic hydroxyl groups is 1. The normalized spacial score (nSPS) is 12.6. The summed E-state index contributed by atoms with van der Waals surface area (Å²) in [7, 11) is 0. The lowest BCUT2D eigenvalue weighted by atomic mass is 10.2. The van der Waals surface area contributed by atoms with Crippen LogP contribution in [0.3, 0.4) is 0 Å². The molecule has 0 aliphatic carbocycles. The van der Waals surface area contributed by atoms with Crippen LogP contribution in [0.25, 0.3) is 0 Å². The zero-order valence-corrected chi connectivity index (χ0v) is 9.20. The maximum absolute atomic E-state index is 9.61. The van der Waals surface area contributed by atoms with E-state index in [1.54, 1.807) is 6.92 Å². The predicted octanol–water partition coefficient (Wildman–Crippen LogP) is 2.55. The van der Waals surface area contributed by atoms with Crippen LogP contribution in [0.4, 0.5) is 5.69 Å². The molecule has 78 valence electrons. The van der Waals surface area contributed by atoms with E-state index in [4.69, 9.17) is 0 Å². The number of aliphatic hydroxyl groups excluding tert-OH is 1. The van der Waals surface area contributed by atoms with E-state index in [2.05, 4.69) is 26.0 Å². The van der Waals surface area contributed by atoms with Gasteiger partial charge in [0, 0.05) is 12.2 Å². The van der Waals surface area contributed by atoms with Crippen molar-refractivity contribution in [3.8, 4) is 0 Å². The molecule has 0 heterocycles. The van der Waals surface area contributed by atoms with Crippen molar-refractivity contribution in [2.24, 2.45) is 0 Å². The second kappa shape index (κ2) is 5.01. The molecule has 1 aromatic carbocycles. The second-order valence-electron chi connectivity index (χ2n) is 3.66. The van der Waals surface area contributed by atoms with Gasteiger partial charge in [-0.05, 0) is 38.0 Å². The Labute approximate surface area is 86.2 Å². The number of aryl methyl sites for hydroxylation is 1. The topological polar surface area (TPSA) is 23.5 Å². The van der Waals surface area contributed by atoms with E-state index in [-0.39, 0.29) is 0 Å². The molecule has 0 aliphatic rings. The molecule has 0 radical (unpaired) electrons. The molecule has 0 aromatic heterocycles. The first-order valence-electron chi connectivity index (χ1n) is 5.16. The van der Waals surface area contributed by atoms with Gasteiger partial charge < -0.3 is 10.0 Å². The van der Waals surface area contributed by atoms with Crippen LogP contribution in [0.1, 0.15) is 25.8 Å². The average Bonchev–Trinajstić information content (AvgIpc) is 2.13. The van der Waals surface area contributed by atoms with Gasteiger partial charge in [0.25, 0.3) is 0 Å². The molecule has 0 spiro atoms. The van der Waals surface area contributed by atoms with Crippen molar-refractivity contribution in [2.45, 2.75) is 33.4 Å².